The summed E-state index contributed by atoms with van der Waals surface area (Å²) in [6, 6.07) is 8.23. The van der Waals surface area contributed by atoms with Crippen LogP contribution in [0.2, 0.25) is 0 Å². The summed E-state index contributed by atoms with van der Waals surface area (Å²) >= 11 is 0. The number of aryl methyl sites for hydroxylation is 3. The number of rotatable bonds is 9. The number of aromatic nitrogens is 2. The first-order chi connectivity index (χ1) is 13.3. The third kappa shape index (κ3) is 5.84. The maximum absolute atomic E-state index is 12.6. The summed E-state index contributed by atoms with van der Waals surface area (Å²) in [5.74, 6) is 0.194. The molecule has 0 fully saturated rings. The molecule has 1 atom stereocenters. The van der Waals surface area contributed by atoms with Gasteiger partial charge in [-0.05, 0) is 56.5 Å². The molecule has 152 valence electrons. The molecule has 0 saturated heterocycles. The second-order valence-corrected chi connectivity index (χ2v) is 7.22. The van der Waals surface area contributed by atoms with Crippen molar-refractivity contribution < 1.29 is 14.3 Å². The number of nitrogens with one attached hydrogen (secondary N) is 2. The Labute approximate surface area is 166 Å². The molecule has 2 amide bonds. The van der Waals surface area contributed by atoms with Crippen molar-refractivity contribution in [2.75, 3.05) is 13.7 Å². The average molecular weight is 386 g/mol. The van der Waals surface area contributed by atoms with Gasteiger partial charge in [0.2, 0.25) is 5.91 Å². The van der Waals surface area contributed by atoms with Crippen LogP contribution in [0, 0.1) is 19.8 Å². The van der Waals surface area contributed by atoms with E-state index in [4.69, 9.17) is 4.74 Å². The lowest BCUT2D eigenvalue weighted by atomic mass is 10.0. The monoisotopic (exact) mass is 386 g/mol. The molecule has 1 aromatic heterocycles. The van der Waals surface area contributed by atoms with Crippen LogP contribution in [0.3, 0.4) is 0 Å². The number of hydrogen-bond donors (Lipinski definition) is 2. The van der Waals surface area contributed by atoms with Gasteiger partial charge in [0.25, 0.3) is 5.91 Å². The lowest BCUT2D eigenvalue weighted by Gasteiger charge is -2.22. The van der Waals surface area contributed by atoms with Gasteiger partial charge in [-0.1, -0.05) is 13.8 Å². The molecule has 0 radical (unpaired) electrons. The summed E-state index contributed by atoms with van der Waals surface area (Å²) in [6.45, 7) is 9.07. The lowest BCUT2D eigenvalue weighted by Crippen LogP contribution is -2.50. The normalized spacial score (nSPS) is 11.9. The predicted octanol–water partition coefficient (Wildman–Crippen LogP) is 2.47. The summed E-state index contributed by atoms with van der Waals surface area (Å²) in [4.78, 5) is 25.0. The zero-order valence-corrected chi connectivity index (χ0v) is 17.3. The molecule has 0 bridgehead atoms. The van der Waals surface area contributed by atoms with Crippen molar-refractivity contribution in [2.45, 2.75) is 46.7 Å². The molecule has 2 N–H and O–H groups in total. The summed E-state index contributed by atoms with van der Waals surface area (Å²) in [5, 5.41) is 10.2. The number of carbonyl (C=O) groups excluding carboxylic acids is 2. The molecular formula is C21H30N4O3. The molecule has 7 heteroatoms. The second kappa shape index (κ2) is 9.92. The maximum Gasteiger partial charge on any atom is 0.251 e. The van der Waals surface area contributed by atoms with Gasteiger partial charge in [-0.25, -0.2) is 0 Å². The SMILES string of the molecule is COc1ccc(C(=O)N[C@@H](C(=O)NCCCn2nc(C)cc2C)C(C)C)cc1. The molecule has 1 aromatic carbocycles. The van der Waals surface area contributed by atoms with Crippen molar-refractivity contribution in [3.05, 3.63) is 47.3 Å². The predicted molar refractivity (Wildman–Crippen MR) is 108 cm³/mol. The van der Waals surface area contributed by atoms with Crippen LogP contribution in [-0.4, -0.2) is 41.3 Å². The second-order valence-electron chi connectivity index (χ2n) is 7.22. The fourth-order valence-electron chi connectivity index (χ4n) is 2.95. The fourth-order valence-corrected chi connectivity index (χ4v) is 2.95. The van der Waals surface area contributed by atoms with E-state index >= 15 is 0 Å². The molecule has 0 aliphatic carbocycles. The maximum atomic E-state index is 12.6. The van der Waals surface area contributed by atoms with E-state index in [0.29, 0.717) is 17.9 Å². The first kappa shape index (κ1) is 21.5. The molecule has 2 rings (SSSR count). The zero-order chi connectivity index (χ0) is 20.7. The van der Waals surface area contributed by atoms with Crippen LogP contribution in [0.15, 0.2) is 30.3 Å². The van der Waals surface area contributed by atoms with Gasteiger partial charge in [0.15, 0.2) is 0 Å². The fraction of sp³-hybridized carbons (Fsp3) is 0.476. The Balaban J connectivity index is 1.86. The summed E-state index contributed by atoms with van der Waals surface area (Å²) in [6.07, 6.45) is 0.769. The van der Waals surface area contributed by atoms with Gasteiger partial charge >= 0.3 is 0 Å². The van der Waals surface area contributed by atoms with E-state index in [-0.39, 0.29) is 17.7 Å². The van der Waals surface area contributed by atoms with E-state index in [1.165, 1.54) is 0 Å². The van der Waals surface area contributed by atoms with Gasteiger partial charge < -0.3 is 15.4 Å². The third-order valence-electron chi connectivity index (χ3n) is 4.54. The first-order valence-electron chi connectivity index (χ1n) is 9.55. The standard InChI is InChI=1S/C21H30N4O3/c1-14(2)19(23-20(26)17-7-9-18(28-5)10-8-17)21(27)22-11-6-12-25-16(4)13-15(3)24-25/h7-10,13-14,19H,6,11-12H2,1-5H3,(H,22,27)(H,23,26)/t19-/m1/s1. The summed E-state index contributed by atoms with van der Waals surface area (Å²) in [7, 11) is 1.57. The van der Waals surface area contributed by atoms with Crippen LogP contribution in [0.4, 0.5) is 0 Å². The molecule has 0 aliphatic heterocycles. The molecule has 0 saturated carbocycles. The van der Waals surface area contributed by atoms with Crippen molar-refractivity contribution >= 4 is 11.8 Å². The first-order valence-corrected chi connectivity index (χ1v) is 9.55. The minimum Gasteiger partial charge on any atom is -0.497 e. The van der Waals surface area contributed by atoms with E-state index in [0.717, 1.165) is 24.4 Å². The molecule has 28 heavy (non-hydrogen) atoms. The summed E-state index contributed by atoms with van der Waals surface area (Å²) in [5.41, 5.74) is 2.59. The van der Waals surface area contributed by atoms with Crippen molar-refractivity contribution in [2.24, 2.45) is 5.92 Å². The molecule has 1 heterocycles. The van der Waals surface area contributed by atoms with Crippen molar-refractivity contribution in [3.8, 4) is 5.75 Å². The van der Waals surface area contributed by atoms with Gasteiger partial charge in [0.1, 0.15) is 11.8 Å². The Bertz CT molecular complexity index is 796. The Morgan fingerprint density at radius 1 is 1.18 bits per heavy atom. The minimum atomic E-state index is -0.594. The van der Waals surface area contributed by atoms with E-state index in [1.54, 1.807) is 31.4 Å². The quantitative estimate of drug-likeness (QED) is 0.649. The Morgan fingerprint density at radius 2 is 1.86 bits per heavy atom. The lowest BCUT2D eigenvalue weighted by molar-refractivity contribution is -0.123. The Hall–Kier alpha value is -2.83. The number of hydrogen-bond acceptors (Lipinski definition) is 4. The van der Waals surface area contributed by atoms with Crippen LogP contribution in [-0.2, 0) is 11.3 Å². The van der Waals surface area contributed by atoms with Gasteiger partial charge in [0.05, 0.1) is 12.8 Å². The Kier molecular flexibility index (Phi) is 7.61. The average Bonchev–Trinajstić information content (AvgIpc) is 2.99. The van der Waals surface area contributed by atoms with Crippen LogP contribution in [0.5, 0.6) is 5.75 Å². The number of amides is 2. The Morgan fingerprint density at radius 3 is 2.39 bits per heavy atom. The highest BCUT2D eigenvalue weighted by atomic mass is 16.5. The smallest absolute Gasteiger partial charge is 0.251 e. The van der Waals surface area contributed by atoms with E-state index in [2.05, 4.69) is 15.7 Å². The van der Waals surface area contributed by atoms with Crippen molar-refractivity contribution in [3.63, 3.8) is 0 Å². The largest absolute Gasteiger partial charge is 0.497 e. The van der Waals surface area contributed by atoms with Gasteiger partial charge in [-0.2, -0.15) is 5.10 Å². The highest BCUT2D eigenvalue weighted by molar-refractivity contribution is 5.97. The van der Waals surface area contributed by atoms with Crippen LogP contribution >= 0.6 is 0 Å². The summed E-state index contributed by atoms with van der Waals surface area (Å²) < 4.78 is 7.04. The van der Waals surface area contributed by atoms with Crippen LogP contribution in [0.25, 0.3) is 0 Å². The number of carbonyl (C=O) groups is 2. The zero-order valence-electron chi connectivity index (χ0n) is 17.3. The van der Waals surface area contributed by atoms with Gasteiger partial charge in [0, 0.05) is 24.3 Å². The molecular weight excluding hydrogens is 356 g/mol. The number of benzene rings is 1. The minimum absolute atomic E-state index is 0.0294. The topological polar surface area (TPSA) is 85.2 Å². The molecule has 2 aromatic rings. The van der Waals surface area contributed by atoms with Crippen molar-refractivity contribution in [1.82, 2.24) is 20.4 Å². The number of methoxy groups -OCH3 is 1. The number of nitrogens with zero attached hydrogens (tertiary/aromatic N) is 2. The van der Waals surface area contributed by atoms with Crippen LogP contribution < -0.4 is 15.4 Å². The van der Waals surface area contributed by atoms with E-state index in [9.17, 15) is 9.59 Å². The van der Waals surface area contributed by atoms with Crippen molar-refractivity contribution in [1.29, 1.82) is 0 Å². The van der Waals surface area contributed by atoms with E-state index < -0.39 is 6.04 Å². The third-order valence-corrected chi connectivity index (χ3v) is 4.54. The van der Waals surface area contributed by atoms with Crippen LogP contribution in [0.1, 0.15) is 42.0 Å². The highest BCUT2D eigenvalue weighted by Crippen LogP contribution is 2.12. The molecule has 0 aliphatic rings. The highest BCUT2D eigenvalue weighted by Gasteiger charge is 2.24. The molecule has 0 spiro atoms. The number of ether oxygens (including phenoxy) is 1. The molecule has 0 unspecified atom stereocenters. The van der Waals surface area contributed by atoms with Gasteiger partial charge in [-0.3, -0.25) is 14.3 Å². The molecule has 7 nitrogen and oxygen atoms in total. The van der Waals surface area contributed by atoms with Gasteiger partial charge in [-0.15, -0.1) is 0 Å². The van der Waals surface area contributed by atoms with E-state index in [1.807, 2.05) is 38.4 Å².